The maximum absolute atomic E-state index is 11.7. The van der Waals surface area contributed by atoms with E-state index in [1.54, 1.807) is 24.3 Å². The lowest BCUT2D eigenvalue weighted by Crippen LogP contribution is -2.19. The van der Waals surface area contributed by atoms with Gasteiger partial charge in [0.1, 0.15) is 5.75 Å². The van der Waals surface area contributed by atoms with Crippen molar-refractivity contribution in [3.05, 3.63) is 54.1 Å². The number of benzene rings is 2. The number of phenolic OH excluding ortho intramolecular Hbond substituents is 1. The van der Waals surface area contributed by atoms with Gasteiger partial charge in [0.2, 0.25) is 5.91 Å². The predicted molar refractivity (Wildman–Crippen MR) is 75.7 cm³/mol. The Balaban J connectivity index is 2.06. The molecule has 0 aliphatic rings. The van der Waals surface area contributed by atoms with E-state index in [0.717, 1.165) is 0 Å². The van der Waals surface area contributed by atoms with E-state index >= 15 is 0 Å². The molecule has 6 nitrogen and oxygen atoms in total. The maximum Gasteiger partial charge on any atom is 0.323 e. The summed E-state index contributed by atoms with van der Waals surface area (Å²) in [6.07, 6.45) is 0. The summed E-state index contributed by atoms with van der Waals surface area (Å²) < 4.78 is 0. The molecule has 0 aliphatic heterocycles. The molecule has 0 bridgehead atoms. The van der Waals surface area contributed by atoms with Crippen LogP contribution in [0.3, 0.4) is 0 Å². The van der Waals surface area contributed by atoms with Gasteiger partial charge in [-0.25, -0.2) is 4.79 Å². The van der Waals surface area contributed by atoms with Crippen LogP contribution < -0.4 is 16.4 Å². The minimum Gasteiger partial charge on any atom is -0.506 e. The third kappa shape index (κ3) is 3.26. The van der Waals surface area contributed by atoms with Crippen LogP contribution >= 0.6 is 0 Å². The standard InChI is InChI=1S/C14H13N3O3/c15-13(19)9-6-7-11(12(18)8-9)17-14(20)16-10-4-2-1-3-5-10/h1-8,18H,(H2,15,19)(H2,16,17,20). The zero-order chi connectivity index (χ0) is 14.5. The predicted octanol–water partition coefficient (Wildman–Crippen LogP) is 2.14. The fraction of sp³-hybridized carbons (Fsp3) is 0. The van der Waals surface area contributed by atoms with Crippen molar-refractivity contribution in [3.63, 3.8) is 0 Å². The molecule has 3 amide bonds. The number of anilines is 2. The van der Waals surface area contributed by atoms with Gasteiger partial charge < -0.3 is 21.5 Å². The fourth-order valence-corrected chi connectivity index (χ4v) is 1.60. The number of phenols is 1. The largest absolute Gasteiger partial charge is 0.506 e. The van der Waals surface area contributed by atoms with Gasteiger partial charge in [0, 0.05) is 11.3 Å². The van der Waals surface area contributed by atoms with E-state index in [4.69, 9.17) is 5.73 Å². The molecule has 102 valence electrons. The number of primary amides is 1. The van der Waals surface area contributed by atoms with Crippen molar-refractivity contribution >= 4 is 23.3 Å². The minimum atomic E-state index is -0.652. The number of hydrogen-bond acceptors (Lipinski definition) is 3. The lowest BCUT2D eigenvalue weighted by atomic mass is 10.2. The molecule has 0 radical (unpaired) electrons. The van der Waals surface area contributed by atoms with Crippen LogP contribution in [0.15, 0.2) is 48.5 Å². The van der Waals surface area contributed by atoms with E-state index in [0.29, 0.717) is 5.69 Å². The Hall–Kier alpha value is -3.02. The summed E-state index contributed by atoms with van der Waals surface area (Å²) in [5.74, 6) is -0.884. The van der Waals surface area contributed by atoms with Gasteiger partial charge in [-0.05, 0) is 30.3 Å². The zero-order valence-electron chi connectivity index (χ0n) is 10.5. The van der Waals surface area contributed by atoms with Crippen LogP contribution in [-0.4, -0.2) is 17.0 Å². The Kier molecular flexibility index (Phi) is 3.85. The molecule has 2 rings (SSSR count). The van der Waals surface area contributed by atoms with E-state index in [1.165, 1.54) is 18.2 Å². The number of rotatable bonds is 3. The third-order valence-corrected chi connectivity index (χ3v) is 2.56. The van der Waals surface area contributed by atoms with Crippen molar-refractivity contribution in [3.8, 4) is 5.75 Å². The van der Waals surface area contributed by atoms with E-state index in [2.05, 4.69) is 10.6 Å². The van der Waals surface area contributed by atoms with Crippen LogP contribution in [0.1, 0.15) is 10.4 Å². The minimum absolute atomic E-state index is 0.163. The first-order chi connectivity index (χ1) is 9.56. The first-order valence-corrected chi connectivity index (χ1v) is 5.82. The molecule has 0 aromatic heterocycles. The van der Waals surface area contributed by atoms with E-state index in [-0.39, 0.29) is 17.0 Å². The summed E-state index contributed by atoms with van der Waals surface area (Å²) in [5.41, 5.74) is 6.06. The topological polar surface area (TPSA) is 104 Å². The highest BCUT2D eigenvalue weighted by Crippen LogP contribution is 2.24. The second-order valence-corrected chi connectivity index (χ2v) is 4.04. The van der Waals surface area contributed by atoms with Crippen molar-refractivity contribution in [2.45, 2.75) is 0 Å². The molecule has 2 aromatic rings. The van der Waals surface area contributed by atoms with Gasteiger partial charge in [-0.15, -0.1) is 0 Å². The fourth-order valence-electron chi connectivity index (χ4n) is 1.60. The van der Waals surface area contributed by atoms with Gasteiger partial charge in [-0.2, -0.15) is 0 Å². The molecule has 2 aromatic carbocycles. The second-order valence-electron chi connectivity index (χ2n) is 4.04. The first-order valence-electron chi connectivity index (χ1n) is 5.82. The van der Waals surface area contributed by atoms with Crippen LogP contribution in [0.5, 0.6) is 5.75 Å². The van der Waals surface area contributed by atoms with Crippen LogP contribution in [-0.2, 0) is 0 Å². The Morgan fingerprint density at radius 2 is 1.70 bits per heavy atom. The molecule has 6 heteroatoms. The Labute approximate surface area is 115 Å². The summed E-state index contributed by atoms with van der Waals surface area (Å²) in [7, 11) is 0. The highest BCUT2D eigenvalue weighted by Gasteiger charge is 2.09. The van der Waals surface area contributed by atoms with Gasteiger partial charge in [0.15, 0.2) is 0 Å². The smallest absolute Gasteiger partial charge is 0.323 e. The summed E-state index contributed by atoms with van der Waals surface area (Å²) in [6, 6.07) is 12.4. The zero-order valence-corrected chi connectivity index (χ0v) is 10.5. The number of carbonyl (C=O) groups excluding carboxylic acids is 2. The number of urea groups is 1. The van der Waals surface area contributed by atoms with Crippen molar-refractivity contribution < 1.29 is 14.7 Å². The van der Waals surface area contributed by atoms with Crippen molar-refractivity contribution in [2.24, 2.45) is 5.73 Å². The monoisotopic (exact) mass is 271 g/mol. The Morgan fingerprint density at radius 1 is 1.00 bits per heavy atom. The number of amides is 3. The molecule has 0 heterocycles. The Bertz CT molecular complexity index is 641. The van der Waals surface area contributed by atoms with Gasteiger partial charge in [0.05, 0.1) is 5.69 Å². The molecule has 0 atom stereocenters. The summed E-state index contributed by atoms with van der Waals surface area (Å²) >= 11 is 0. The van der Waals surface area contributed by atoms with Gasteiger partial charge in [-0.3, -0.25) is 4.79 Å². The molecule has 0 spiro atoms. The quantitative estimate of drug-likeness (QED) is 0.643. The third-order valence-electron chi connectivity index (χ3n) is 2.56. The van der Waals surface area contributed by atoms with Crippen LogP contribution in [0.2, 0.25) is 0 Å². The number of hydrogen-bond donors (Lipinski definition) is 4. The van der Waals surface area contributed by atoms with Crippen LogP contribution in [0.25, 0.3) is 0 Å². The maximum atomic E-state index is 11.7. The number of para-hydroxylation sites is 1. The number of nitrogens with two attached hydrogens (primary N) is 1. The molecule has 0 saturated carbocycles. The highest BCUT2D eigenvalue weighted by molar-refractivity contribution is 6.01. The molecule has 0 aliphatic carbocycles. The SMILES string of the molecule is NC(=O)c1ccc(NC(=O)Nc2ccccc2)c(O)c1. The van der Waals surface area contributed by atoms with Gasteiger partial charge in [0.25, 0.3) is 0 Å². The summed E-state index contributed by atoms with van der Waals surface area (Å²) in [6.45, 7) is 0. The first kappa shape index (κ1) is 13.4. The van der Waals surface area contributed by atoms with Crippen LogP contribution in [0.4, 0.5) is 16.2 Å². The normalized spacial score (nSPS) is 9.80. The lowest BCUT2D eigenvalue weighted by Gasteiger charge is -2.09. The molecule has 5 N–H and O–H groups in total. The van der Waals surface area contributed by atoms with Crippen molar-refractivity contribution in [2.75, 3.05) is 10.6 Å². The van der Waals surface area contributed by atoms with E-state index in [1.807, 2.05) is 6.07 Å². The molecule has 0 unspecified atom stereocenters. The van der Waals surface area contributed by atoms with Gasteiger partial charge in [-0.1, -0.05) is 18.2 Å². The average molecular weight is 271 g/mol. The van der Waals surface area contributed by atoms with Crippen molar-refractivity contribution in [1.29, 1.82) is 0 Å². The van der Waals surface area contributed by atoms with Crippen molar-refractivity contribution in [1.82, 2.24) is 0 Å². The van der Waals surface area contributed by atoms with Crippen LogP contribution in [0, 0.1) is 0 Å². The molecule has 0 fully saturated rings. The summed E-state index contributed by atoms with van der Waals surface area (Å²) in [5, 5.41) is 14.8. The molecule has 0 saturated heterocycles. The Morgan fingerprint density at radius 3 is 2.30 bits per heavy atom. The second kappa shape index (κ2) is 5.75. The average Bonchev–Trinajstić information content (AvgIpc) is 2.42. The molecule has 20 heavy (non-hydrogen) atoms. The van der Waals surface area contributed by atoms with E-state index in [9.17, 15) is 14.7 Å². The van der Waals surface area contributed by atoms with E-state index < -0.39 is 11.9 Å². The number of nitrogens with one attached hydrogen (secondary N) is 2. The van der Waals surface area contributed by atoms with Gasteiger partial charge >= 0.3 is 6.03 Å². The molecular formula is C14H13N3O3. The lowest BCUT2D eigenvalue weighted by molar-refractivity contribution is 0.1000. The summed E-state index contributed by atoms with van der Waals surface area (Å²) in [4.78, 5) is 22.7. The number of aromatic hydroxyl groups is 1. The molecular weight excluding hydrogens is 258 g/mol. The highest BCUT2D eigenvalue weighted by atomic mass is 16.3. The number of carbonyl (C=O) groups is 2.